The Morgan fingerprint density at radius 3 is 2.54 bits per heavy atom. The summed E-state index contributed by atoms with van der Waals surface area (Å²) in [6.45, 7) is -0.540. The third kappa shape index (κ3) is 4.96. The van der Waals surface area contributed by atoms with E-state index in [1.807, 2.05) is 0 Å². The zero-order chi connectivity index (χ0) is 17.5. The molecule has 0 aliphatic carbocycles. The summed E-state index contributed by atoms with van der Waals surface area (Å²) in [6.07, 6.45) is 0. The number of amides is 2. The zero-order valence-electron chi connectivity index (χ0n) is 13.0. The summed E-state index contributed by atoms with van der Waals surface area (Å²) < 4.78 is 18.5. The molecule has 0 aliphatic heterocycles. The Balaban J connectivity index is 1.84. The van der Waals surface area contributed by atoms with E-state index >= 15 is 0 Å². The van der Waals surface area contributed by atoms with Crippen molar-refractivity contribution in [1.82, 2.24) is 4.90 Å². The van der Waals surface area contributed by atoms with E-state index < -0.39 is 17.6 Å². The van der Waals surface area contributed by atoms with E-state index in [-0.39, 0.29) is 18.9 Å². The highest BCUT2D eigenvalue weighted by atomic mass is 35.5. The van der Waals surface area contributed by atoms with Crippen molar-refractivity contribution in [2.24, 2.45) is 0 Å². The second-order valence-electron chi connectivity index (χ2n) is 5.00. The molecule has 2 aromatic rings. The molecule has 0 unspecified atom stereocenters. The lowest BCUT2D eigenvalue weighted by Crippen LogP contribution is -2.37. The van der Waals surface area contributed by atoms with Gasteiger partial charge in [0.2, 0.25) is 5.91 Å². The van der Waals surface area contributed by atoms with Crippen LogP contribution in [0.1, 0.15) is 0 Å². The molecule has 0 spiro atoms. The van der Waals surface area contributed by atoms with Gasteiger partial charge in [-0.15, -0.1) is 0 Å². The van der Waals surface area contributed by atoms with Gasteiger partial charge in [0.25, 0.3) is 5.91 Å². The van der Waals surface area contributed by atoms with Crippen LogP contribution in [0.15, 0.2) is 48.5 Å². The van der Waals surface area contributed by atoms with Gasteiger partial charge in [-0.2, -0.15) is 0 Å². The van der Waals surface area contributed by atoms with E-state index in [1.54, 1.807) is 30.3 Å². The van der Waals surface area contributed by atoms with E-state index in [4.69, 9.17) is 16.3 Å². The van der Waals surface area contributed by atoms with Crippen molar-refractivity contribution >= 4 is 29.1 Å². The normalized spacial score (nSPS) is 10.1. The van der Waals surface area contributed by atoms with Crippen molar-refractivity contribution < 1.29 is 18.7 Å². The van der Waals surface area contributed by atoms with E-state index in [9.17, 15) is 14.0 Å². The number of carbonyl (C=O) groups excluding carboxylic acids is 2. The van der Waals surface area contributed by atoms with Crippen LogP contribution in [0.5, 0.6) is 5.75 Å². The summed E-state index contributed by atoms with van der Waals surface area (Å²) >= 11 is 5.95. The molecular weight excluding hydrogens is 335 g/mol. The Kier molecular flexibility index (Phi) is 6.14. The van der Waals surface area contributed by atoms with Gasteiger partial charge in [-0.3, -0.25) is 9.59 Å². The molecule has 0 aliphatic rings. The Bertz CT molecular complexity index is 739. The van der Waals surface area contributed by atoms with Gasteiger partial charge in [0.1, 0.15) is 0 Å². The summed E-state index contributed by atoms with van der Waals surface area (Å²) in [5.41, 5.74) is 0.465. The quantitative estimate of drug-likeness (QED) is 0.871. The topological polar surface area (TPSA) is 58.6 Å². The molecule has 0 radical (unpaired) electrons. The average molecular weight is 351 g/mol. The van der Waals surface area contributed by atoms with Gasteiger partial charge >= 0.3 is 0 Å². The van der Waals surface area contributed by atoms with Crippen LogP contribution in [0, 0.1) is 5.82 Å². The Morgan fingerprint density at radius 2 is 1.83 bits per heavy atom. The summed E-state index contributed by atoms with van der Waals surface area (Å²) in [5.74, 6) is -1.42. The standard InChI is InChI=1S/C17H16ClFN2O3/c1-21(10-16(22)20-14-8-4-2-6-12(14)18)17(23)11-24-15-9-5-3-7-13(15)19/h2-9H,10-11H2,1H3,(H,20,22). The molecule has 24 heavy (non-hydrogen) atoms. The lowest BCUT2D eigenvalue weighted by molar-refractivity contribution is -0.135. The lowest BCUT2D eigenvalue weighted by Gasteiger charge is -2.17. The molecular formula is C17H16ClFN2O3. The number of ether oxygens (including phenoxy) is 1. The Morgan fingerprint density at radius 1 is 1.17 bits per heavy atom. The van der Waals surface area contributed by atoms with Gasteiger partial charge in [-0.05, 0) is 24.3 Å². The molecule has 0 atom stereocenters. The van der Waals surface area contributed by atoms with E-state index in [0.717, 1.165) is 0 Å². The summed E-state index contributed by atoms with van der Waals surface area (Å²) in [4.78, 5) is 25.1. The number of benzene rings is 2. The number of likely N-dealkylation sites (N-methyl/N-ethyl adjacent to an activating group) is 1. The molecule has 0 saturated heterocycles. The molecule has 0 bridgehead atoms. The van der Waals surface area contributed by atoms with Crippen LogP contribution in [0.2, 0.25) is 5.02 Å². The molecule has 0 saturated carbocycles. The maximum Gasteiger partial charge on any atom is 0.260 e. The van der Waals surface area contributed by atoms with Crippen LogP contribution in [0.3, 0.4) is 0 Å². The number of para-hydroxylation sites is 2. The van der Waals surface area contributed by atoms with E-state index in [1.165, 1.54) is 30.1 Å². The molecule has 0 aromatic heterocycles. The third-order valence-electron chi connectivity index (χ3n) is 3.14. The van der Waals surface area contributed by atoms with Gasteiger partial charge in [0.05, 0.1) is 17.3 Å². The van der Waals surface area contributed by atoms with Gasteiger partial charge < -0.3 is 15.0 Å². The smallest absolute Gasteiger partial charge is 0.260 e. The third-order valence-corrected chi connectivity index (χ3v) is 3.47. The van der Waals surface area contributed by atoms with Crippen molar-refractivity contribution in [3.05, 3.63) is 59.4 Å². The van der Waals surface area contributed by atoms with Crippen LogP contribution < -0.4 is 10.1 Å². The molecule has 2 amide bonds. The van der Waals surface area contributed by atoms with Gasteiger partial charge in [0, 0.05) is 7.05 Å². The largest absolute Gasteiger partial charge is 0.481 e. The number of halogens is 2. The van der Waals surface area contributed by atoms with Gasteiger partial charge in [-0.25, -0.2) is 4.39 Å². The van der Waals surface area contributed by atoms with Crippen molar-refractivity contribution in [3.63, 3.8) is 0 Å². The number of hydrogen-bond donors (Lipinski definition) is 1. The number of rotatable bonds is 6. The first kappa shape index (κ1) is 17.7. The monoisotopic (exact) mass is 350 g/mol. The minimum Gasteiger partial charge on any atom is -0.481 e. The minimum atomic E-state index is -0.551. The van der Waals surface area contributed by atoms with Crippen molar-refractivity contribution in [1.29, 1.82) is 0 Å². The number of nitrogens with zero attached hydrogens (tertiary/aromatic N) is 1. The molecule has 5 nitrogen and oxygen atoms in total. The highest BCUT2D eigenvalue weighted by Crippen LogP contribution is 2.20. The SMILES string of the molecule is CN(CC(=O)Nc1ccccc1Cl)C(=O)COc1ccccc1F. The van der Waals surface area contributed by atoms with E-state index in [0.29, 0.717) is 10.7 Å². The van der Waals surface area contributed by atoms with Gasteiger partial charge in [0.15, 0.2) is 18.2 Å². The maximum absolute atomic E-state index is 13.4. The fraction of sp³-hybridized carbons (Fsp3) is 0.176. The second-order valence-corrected chi connectivity index (χ2v) is 5.40. The molecule has 2 aromatic carbocycles. The number of nitrogens with one attached hydrogen (secondary N) is 1. The summed E-state index contributed by atoms with van der Waals surface area (Å²) in [7, 11) is 1.46. The Labute approximate surface area is 144 Å². The summed E-state index contributed by atoms with van der Waals surface area (Å²) in [5, 5.41) is 3.02. The molecule has 7 heteroatoms. The highest BCUT2D eigenvalue weighted by Gasteiger charge is 2.15. The van der Waals surface area contributed by atoms with Crippen molar-refractivity contribution in [3.8, 4) is 5.75 Å². The highest BCUT2D eigenvalue weighted by molar-refractivity contribution is 6.33. The van der Waals surface area contributed by atoms with Crippen LogP contribution in [0.4, 0.5) is 10.1 Å². The van der Waals surface area contributed by atoms with E-state index in [2.05, 4.69) is 5.32 Å². The zero-order valence-corrected chi connectivity index (χ0v) is 13.7. The fourth-order valence-electron chi connectivity index (χ4n) is 1.87. The second kappa shape index (κ2) is 8.31. The van der Waals surface area contributed by atoms with Crippen LogP contribution >= 0.6 is 11.6 Å². The first-order chi connectivity index (χ1) is 11.5. The van der Waals surface area contributed by atoms with Crippen molar-refractivity contribution in [2.45, 2.75) is 0 Å². The molecule has 0 heterocycles. The Hall–Kier alpha value is -2.60. The number of anilines is 1. The van der Waals surface area contributed by atoms with Crippen LogP contribution in [0.25, 0.3) is 0 Å². The lowest BCUT2D eigenvalue weighted by atomic mass is 10.3. The first-order valence-electron chi connectivity index (χ1n) is 7.13. The average Bonchev–Trinajstić information content (AvgIpc) is 2.56. The molecule has 2 rings (SSSR count). The van der Waals surface area contributed by atoms with Gasteiger partial charge in [-0.1, -0.05) is 35.9 Å². The number of hydrogen-bond acceptors (Lipinski definition) is 3. The molecule has 1 N–H and O–H groups in total. The number of carbonyl (C=O) groups is 2. The van der Waals surface area contributed by atoms with Crippen LogP contribution in [-0.4, -0.2) is 36.9 Å². The summed E-state index contributed by atoms with van der Waals surface area (Å²) in [6, 6.07) is 12.6. The van der Waals surface area contributed by atoms with Crippen LogP contribution in [-0.2, 0) is 9.59 Å². The fourth-order valence-corrected chi connectivity index (χ4v) is 2.05. The van der Waals surface area contributed by atoms with Crippen molar-refractivity contribution in [2.75, 3.05) is 25.5 Å². The predicted molar refractivity (Wildman–Crippen MR) is 89.6 cm³/mol. The predicted octanol–water partition coefficient (Wildman–Crippen LogP) is 2.96. The first-order valence-corrected chi connectivity index (χ1v) is 7.51. The minimum absolute atomic E-state index is 0.0141. The molecule has 0 fully saturated rings. The molecule has 126 valence electrons. The maximum atomic E-state index is 13.4.